The summed E-state index contributed by atoms with van der Waals surface area (Å²) in [4.78, 5) is 34.4. The number of carbonyl (C=O) groups is 3. The quantitative estimate of drug-likeness (QED) is 0.730. The Morgan fingerprint density at radius 1 is 1.00 bits per heavy atom. The highest BCUT2D eigenvalue weighted by Crippen LogP contribution is 2.21. The van der Waals surface area contributed by atoms with E-state index in [4.69, 9.17) is 5.11 Å². The Bertz CT molecular complexity index is 524. The molecule has 0 unspecified atom stereocenters. The molecule has 8 heteroatoms. The van der Waals surface area contributed by atoms with Crippen LogP contribution in [0.15, 0.2) is 18.2 Å². The zero-order valence-corrected chi connectivity index (χ0v) is 12.0. The van der Waals surface area contributed by atoms with Crippen LogP contribution >= 0.6 is 23.5 Å². The summed E-state index contributed by atoms with van der Waals surface area (Å²) in [7, 11) is 0. The van der Waals surface area contributed by atoms with Crippen molar-refractivity contribution < 1.29 is 19.5 Å². The van der Waals surface area contributed by atoms with Gasteiger partial charge in [-0.15, -0.1) is 23.5 Å². The minimum absolute atomic E-state index is 0.00969. The van der Waals surface area contributed by atoms with E-state index >= 15 is 0 Å². The van der Waals surface area contributed by atoms with E-state index in [1.165, 1.54) is 35.7 Å². The molecule has 2 amide bonds. The van der Waals surface area contributed by atoms with Crippen LogP contribution in [0.3, 0.4) is 0 Å². The maximum Gasteiger partial charge on any atom is 0.335 e. The number of thioether (sulfide) groups is 2. The van der Waals surface area contributed by atoms with Crippen molar-refractivity contribution in [2.45, 2.75) is 0 Å². The molecule has 1 heterocycles. The first-order chi connectivity index (χ1) is 9.54. The molecule has 1 aliphatic rings. The van der Waals surface area contributed by atoms with E-state index in [0.717, 1.165) is 0 Å². The molecule has 0 fully saturated rings. The van der Waals surface area contributed by atoms with Crippen molar-refractivity contribution >= 4 is 52.7 Å². The molecule has 1 aliphatic heterocycles. The van der Waals surface area contributed by atoms with Gasteiger partial charge >= 0.3 is 5.97 Å². The molecular formula is C12H12N2O4S2. The molecular weight excluding hydrogens is 300 g/mol. The van der Waals surface area contributed by atoms with E-state index in [0.29, 0.717) is 16.5 Å². The van der Waals surface area contributed by atoms with Gasteiger partial charge in [0.2, 0.25) is 11.8 Å². The van der Waals surface area contributed by atoms with E-state index in [9.17, 15) is 14.4 Å². The number of benzene rings is 1. The molecule has 0 radical (unpaired) electrons. The molecule has 106 valence electrons. The fourth-order valence-electron chi connectivity index (χ4n) is 1.62. The van der Waals surface area contributed by atoms with Gasteiger partial charge in [-0.25, -0.2) is 4.79 Å². The normalized spacial score (nSPS) is 16.4. The number of hydrogen-bond acceptors (Lipinski definition) is 5. The highest BCUT2D eigenvalue weighted by Gasteiger charge is 2.12. The van der Waals surface area contributed by atoms with Crippen LogP contribution in [-0.2, 0) is 9.59 Å². The minimum Gasteiger partial charge on any atom is -0.478 e. The van der Waals surface area contributed by atoms with Gasteiger partial charge in [0, 0.05) is 16.5 Å². The monoisotopic (exact) mass is 312 g/mol. The third kappa shape index (κ3) is 4.17. The van der Waals surface area contributed by atoms with Crippen LogP contribution in [0, 0.1) is 0 Å². The summed E-state index contributed by atoms with van der Waals surface area (Å²) < 4.78 is 0. The zero-order chi connectivity index (χ0) is 14.5. The number of anilines is 2. The van der Waals surface area contributed by atoms with Crippen LogP contribution in [0.5, 0.6) is 0 Å². The molecule has 3 N–H and O–H groups in total. The van der Waals surface area contributed by atoms with Gasteiger partial charge in [0.05, 0.1) is 17.1 Å². The second-order valence-corrected chi connectivity index (χ2v) is 6.35. The highest BCUT2D eigenvalue weighted by atomic mass is 32.2. The van der Waals surface area contributed by atoms with Crippen molar-refractivity contribution in [3.8, 4) is 0 Å². The van der Waals surface area contributed by atoms with Gasteiger partial charge in [0.15, 0.2) is 0 Å². The maximum absolute atomic E-state index is 11.7. The summed E-state index contributed by atoms with van der Waals surface area (Å²) in [5, 5.41) is 14.9. The zero-order valence-electron chi connectivity index (χ0n) is 10.3. The fraction of sp³-hybridized carbons (Fsp3) is 0.250. The molecule has 0 atom stereocenters. The summed E-state index contributed by atoms with van der Waals surface area (Å²) >= 11 is 2.82. The molecule has 0 saturated heterocycles. The number of fused-ring (bicyclic) bond motifs is 2. The van der Waals surface area contributed by atoms with E-state index in [1.54, 1.807) is 6.07 Å². The first-order valence-corrected chi connectivity index (χ1v) is 7.99. The Hall–Kier alpha value is -1.67. The highest BCUT2D eigenvalue weighted by molar-refractivity contribution is 8.16. The molecule has 1 aromatic carbocycles. The topological polar surface area (TPSA) is 95.5 Å². The number of carboxylic acids is 1. The van der Waals surface area contributed by atoms with Crippen LogP contribution in [-0.4, -0.2) is 39.5 Å². The average molecular weight is 312 g/mol. The van der Waals surface area contributed by atoms with Crippen LogP contribution < -0.4 is 10.6 Å². The Balaban J connectivity index is 2.33. The van der Waals surface area contributed by atoms with Crippen LogP contribution in [0.4, 0.5) is 11.4 Å². The maximum atomic E-state index is 11.7. The Kier molecular flexibility index (Phi) is 4.91. The number of carbonyl (C=O) groups excluding carboxylic acids is 2. The van der Waals surface area contributed by atoms with Gasteiger partial charge in [-0.05, 0) is 18.2 Å². The van der Waals surface area contributed by atoms with Crippen molar-refractivity contribution in [3.63, 3.8) is 0 Å². The molecule has 0 saturated carbocycles. The van der Waals surface area contributed by atoms with Gasteiger partial charge in [-0.1, -0.05) is 0 Å². The number of nitrogens with one attached hydrogen (secondary N) is 2. The lowest BCUT2D eigenvalue weighted by atomic mass is 10.1. The molecule has 1 aromatic rings. The number of rotatable bonds is 1. The number of carboxylic acid groups (broad SMARTS) is 1. The van der Waals surface area contributed by atoms with E-state index < -0.39 is 5.97 Å². The molecule has 0 aromatic heterocycles. The first-order valence-electron chi connectivity index (χ1n) is 5.68. The standard InChI is InChI=1S/C12H12N2O4S2/c15-10-4-19-6-20-5-11(16)14-9-2-7(12(17)18)1-8(3-9)13-10/h1-3H,4-6H2,(H,13,15)(H,14,16)(H,17,18). The third-order valence-electron chi connectivity index (χ3n) is 2.38. The summed E-state index contributed by atoms with van der Waals surface area (Å²) in [5.41, 5.74) is 0.730. The van der Waals surface area contributed by atoms with Crippen molar-refractivity contribution in [1.82, 2.24) is 0 Å². The van der Waals surface area contributed by atoms with Gasteiger partial charge in [0.1, 0.15) is 0 Å². The van der Waals surface area contributed by atoms with Gasteiger partial charge in [0.25, 0.3) is 0 Å². The van der Waals surface area contributed by atoms with E-state index in [2.05, 4.69) is 10.6 Å². The fourth-order valence-corrected chi connectivity index (χ4v) is 3.27. The summed E-state index contributed by atoms with van der Waals surface area (Å²) in [6.45, 7) is 0. The Morgan fingerprint density at radius 3 is 1.95 bits per heavy atom. The van der Waals surface area contributed by atoms with Crippen LogP contribution in [0.25, 0.3) is 0 Å². The van der Waals surface area contributed by atoms with Crippen molar-refractivity contribution in [2.75, 3.05) is 27.2 Å². The largest absolute Gasteiger partial charge is 0.478 e. The SMILES string of the molecule is O=C1CSCSCC(=O)Nc2cc(cc(C(=O)O)c2)N1. The lowest BCUT2D eigenvalue weighted by molar-refractivity contribution is -0.114. The van der Waals surface area contributed by atoms with Crippen molar-refractivity contribution in [2.24, 2.45) is 0 Å². The summed E-state index contributed by atoms with van der Waals surface area (Å²) in [6.07, 6.45) is 0. The van der Waals surface area contributed by atoms with Crippen molar-refractivity contribution in [3.05, 3.63) is 23.8 Å². The van der Waals surface area contributed by atoms with Gasteiger partial charge < -0.3 is 15.7 Å². The Morgan fingerprint density at radius 2 is 1.50 bits per heavy atom. The minimum atomic E-state index is -1.12. The summed E-state index contributed by atoms with van der Waals surface area (Å²) in [6, 6.07) is 4.27. The van der Waals surface area contributed by atoms with Crippen LogP contribution in [0.1, 0.15) is 10.4 Å². The van der Waals surface area contributed by atoms with E-state index in [1.807, 2.05) is 0 Å². The molecule has 20 heavy (non-hydrogen) atoms. The first kappa shape index (κ1) is 14.7. The van der Waals surface area contributed by atoms with Gasteiger partial charge in [-0.3, -0.25) is 9.59 Å². The third-order valence-corrected chi connectivity index (χ3v) is 4.65. The predicted molar refractivity (Wildman–Crippen MR) is 80.4 cm³/mol. The van der Waals surface area contributed by atoms with Gasteiger partial charge in [-0.2, -0.15) is 0 Å². The lowest BCUT2D eigenvalue weighted by Crippen LogP contribution is -2.18. The smallest absolute Gasteiger partial charge is 0.335 e. The van der Waals surface area contributed by atoms with Crippen molar-refractivity contribution in [1.29, 1.82) is 0 Å². The van der Waals surface area contributed by atoms with E-state index in [-0.39, 0.29) is 28.9 Å². The molecule has 2 rings (SSSR count). The summed E-state index contributed by atoms with van der Waals surface area (Å²) in [5.74, 6) is -0.984. The van der Waals surface area contributed by atoms with Crippen LogP contribution in [0.2, 0.25) is 0 Å². The second-order valence-electron chi connectivity index (χ2n) is 4.02. The second kappa shape index (κ2) is 6.67. The number of aromatic carboxylic acids is 1. The molecule has 0 spiro atoms. The molecule has 2 bridgehead atoms. The Labute approximate surface area is 123 Å². The number of hydrogen-bond donors (Lipinski definition) is 3. The molecule has 0 aliphatic carbocycles. The molecule has 6 nitrogen and oxygen atoms in total. The lowest BCUT2D eigenvalue weighted by Gasteiger charge is -2.12. The number of amides is 2. The predicted octanol–water partition coefficient (Wildman–Crippen LogP) is 1.70. The average Bonchev–Trinajstić information content (AvgIpc) is 2.36.